The summed E-state index contributed by atoms with van der Waals surface area (Å²) in [6.07, 6.45) is 7.95. The van der Waals surface area contributed by atoms with Gasteiger partial charge >= 0.3 is 0 Å². The maximum atomic E-state index is 9.42. The van der Waals surface area contributed by atoms with Gasteiger partial charge in [-0.05, 0) is 37.0 Å². The second kappa shape index (κ2) is 9.20. The van der Waals surface area contributed by atoms with Crippen LogP contribution >= 0.6 is 0 Å². The standard InChI is InChI=1S/C20H25N3O3/c1-25-17-8-5-9-18(12-17)26-19-11-10-16(14-21-19)20(23-24)22-13-15-6-3-2-4-7-15/h5,8-12,14-15,24H,2-4,6-7,13H2,1H3,(H,22,23). The van der Waals surface area contributed by atoms with Crippen LogP contribution in [0.1, 0.15) is 37.7 Å². The number of rotatable bonds is 6. The topological polar surface area (TPSA) is 76.0 Å². The fourth-order valence-corrected chi connectivity index (χ4v) is 3.15. The molecule has 1 aliphatic carbocycles. The number of methoxy groups -OCH3 is 1. The van der Waals surface area contributed by atoms with Crippen molar-refractivity contribution in [3.8, 4) is 17.4 Å². The summed E-state index contributed by atoms with van der Waals surface area (Å²) in [6.45, 7) is 0.727. The molecule has 2 aromatic rings. The third-order valence-corrected chi connectivity index (χ3v) is 4.61. The van der Waals surface area contributed by atoms with Crippen LogP contribution in [0.3, 0.4) is 0 Å². The van der Waals surface area contributed by atoms with Gasteiger partial charge in [0.2, 0.25) is 5.88 Å². The Hall–Kier alpha value is -2.60. The van der Waals surface area contributed by atoms with E-state index in [2.05, 4.69) is 15.5 Å². The van der Waals surface area contributed by atoms with E-state index in [4.69, 9.17) is 9.47 Å². The molecule has 1 fully saturated rings. The Kier molecular flexibility index (Phi) is 6.44. The first kappa shape index (κ1) is 18.2. The monoisotopic (exact) mass is 355 g/mol. The fourth-order valence-electron chi connectivity index (χ4n) is 3.15. The van der Waals surface area contributed by atoms with Crippen LogP contribution < -0.4 is 15.0 Å². The SMILES string of the molecule is COc1cccc(Oc2ccc(C(=NCC3CCCCC3)NO)cn2)c1. The molecular weight excluding hydrogens is 330 g/mol. The van der Waals surface area contributed by atoms with Gasteiger partial charge in [0.05, 0.1) is 7.11 Å². The maximum absolute atomic E-state index is 9.42. The second-order valence-electron chi connectivity index (χ2n) is 6.47. The summed E-state index contributed by atoms with van der Waals surface area (Å²) >= 11 is 0. The van der Waals surface area contributed by atoms with Crippen LogP contribution in [-0.2, 0) is 0 Å². The van der Waals surface area contributed by atoms with E-state index in [1.165, 1.54) is 32.1 Å². The molecule has 0 saturated heterocycles. The number of aliphatic imine (C=N–C) groups is 1. The molecule has 1 aliphatic rings. The predicted octanol–water partition coefficient (Wildman–Crippen LogP) is 4.19. The highest BCUT2D eigenvalue weighted by atomic mass is 16.5. The summed E-state index contributed by atoms with van der Waals surface area (Å²) < 4.78 is 10.9. The number of amidine groups is 1. The summed E-state index contributed by atoms with van der Waals surface area (Å²) in [7, 11) is 1.61. The fraction of sp³-hybridized carbons (Fsp3) is 0.400. The van der Waals surface area contributed by atoms with Crippen molar-refractivity contribution < 1.29 is 14.7 Å². The van der Waals surface area contributed by atoms with Crippen molar-refractivity contribution in [2.24, 2.45) is 10.9 Å². The Labute approximate surface area is 153 Å². The highest BCUT2D eigenvalue weighted by molar-refractivity contribution is 5.97. The Morgan fingerprint density at radius 3 is 2.69 bits per heavy atom. The second-order valence-corrected chi connectivity index (χ2v) is 6.47. The van der Waals surface area contributed by atoms with Gasteiger partial charge in [0.15, 0.2) is 5.84 Å². The van der Waals surface area contributed by atoms with E-state index in [0.717, 1.165) is 17.9 Å². The molecule has 2 N–H and O–H groups in total. The van der Waals surface area contributed by atoms with Gasteiger partial charge in [0.25, 0.3) is 0 Å². The third-order valence-electron chi connectivity index (χ3n) is 4.61. The van der Waals surface area contributed by atoms with Crippen LogP contribution in [-0.4, -0.2) is 29.7 Å². The Morgan fingerprint density at radius 2 is 2.00 bits per heavy atom. The van der Waals surface area contributed by atoms with Crippen molar-refractivity contribution in [2.45, 2.75) is 32.1 Å². The lowest BCUT2D eigenvalue weighted by atomic mass is 9.89. The molecule has 0 atom stereocenters. The van der Waals surface area contributed by atoms with Gasteiger partial charge in [-0.2, -0.15) is 0 Å². The summed E-state index contributed by atoms with van der Waals surface area (Å²) in [6, 6.07) is 10.9. The van der Waals surface area contributed by atoms with Gasteiger partial charge in [-0.15, -0.1) is 0 Å². The highest BCUT2D eigenvalue weighted by Gasteiger charge is 2.13. The van der Waals surface area contributed by atoms with Gasteiger partial charge < -0.3 is 9.47 Å². The number of benzene rings is 1. The number of hydrogen-bond donors (Lipinski definition) is 2. The van der Waals surface area contributed by atoms with Crippen LogP contribution in [0.2, 0.25) is 0 Å². The zero-order chi connectivity index (χ0) is 18.2. The van der Waals surface area contributed by atoms with E-state index in [0.29, 0.717) is 23.4 Å². The van der Waals surface area contributed by atoms with Gasteiger partial charge in [0.1, 0.15) is 11.5 Å². The smallest absolute Gasteiger partial charge is 0.219 e. The Bertz CT molecular complexity index is 725. The van der Waals surface area contributed by atoms with Gasteiger partial charge in [-0.25, -0.2) is 4.98 Å². The Balaban J connectivity index is 1.64. The van der Waals surface area contributed by atoms with Gasteiger partial charge in [-0.1, -0.05) is 25.3 Å². The summed E-state index contributed by atoms with van der Waals surface area (Å²) in [5.41, 5.74) is 2.92. The first-order valence-corrected chi connectivity index (χ1v) is 9.01. The number of ether oxygens (including phenoxy) is 2. The number of pyridine rings is 1. The highest BCUT2D eigenvalue weighted by Crippen LogP contribution is 2.25. The maximum Gasteiger partial charge on any atom is 0.219 e. The molecule has 0 radical (unpaired) electrons. The molecule has 0 aliphatic heterocycles. The van der Waals surface area contributed by atoms with Crippen molar-refractivity contribution in [1.29, 1.82) is 0 Å². The minimum atomic E-state index is 0.441. The lowest BCUT2D eigenvalue weighted by Gasteiger charge is -2.19. The number of hydroxylamine groups is 1. The molecule has 138 valence electrons. The quantitative estimate of drug-likeness (QED) is 0.462. The lowest BCUT2D eigenvalue weighted by Crippen LogP contribution is -2.22. The van der Waals surface area contributed by atoms with Crippen LogP contribution in [0, 0.1) is 5.92 Å². The molecule has 3 rings (SSSR count). The first-order valence-electron chi connectivity index (χ1n) is 9.01. The van der Waals surface area contributed by atoms with E-state index in [-0.39, 0.29) is 0 Å². The van der Waals surface area contributed by atoms with E-state index >= 15 is 0 Å². The lowest BCUT2D eigenvalue weighted by molar-refractivity contribution is 0.234. The van der Waals surface area contributed by atoms with Gasteiger partial charge in [-0.3, -0.25) is 15.7 Å². The van der Waals surface area contributed by atoms with E-state index in [9.17, 15) is 5.21 Å². The summed E-state index contributed by atoms with van der Waals surface area (Å²) in [4.78, 5) is 8.83. The van der Waals surface area contributed by atoms with Crippen LogP contribution in [0.25, 0.3) is 0 Å². The van der Waals surface area contributed by atoms with Gasteiger partial charge in [0, 0.05) is 30.4 Å². The molecule has 6 nitrogen and oxygen atoms in total. The first-order chi connectivity index (χ1) is 12.8. The van der Waals surface area contributed by atoms with Crippen molar-refractivity contribution in [1.82, 2.24) is 10.5 Å². The number of nitrogens with one attached hydrogen (secondary N) is 1. The summed E-state index contributed by atoms with van der Waals surface area (Å²) in [5.74, 6) is 2.88. The normalized spacial score (nSPS) is 15.5. The zero-order valence-electron chi connectivity index (χ0n) is 15.0. The largest absolute Gasteiger partial charge is 0.497 e. The van der Waals surface area contributed by atoms with Crippen molar-refractivity contribution in [2.75, 3.05) is 13.7 Å². The molecule has 1 heterocycles. The molecule has 1 aromatic carbocycles. The molecule has 26 heavy (non-hydrogen) atoms. The Morgan fingerprint density at radius 1 is 1.19 bits per heavy atom. The van der Waals surface area contributed by atoms with E-state index in [1.54, 1.807) is 25.4 Å². The van der Waals surface area contributed by atoms with Crippen LogP contribution in [0.5, 0.6) is 17.4 Å². The molecular formula is C20H25N3O3. The number of aromatic nitrogens is 1. The molecule has 0 amide bonds. The number of nitrogens with zero attached hydrogens (tertiary/aromatic N) is 2. The molecule has 1 aromatic heterocycles. The summed E-state index contributed by atoms with van der Waals surface area (Å²) in [5, 5.41) is 9.42. The minimum absolute atomic E-state index is 0.441. The molecule has 1 saturated carbocycles. The minimum Gasteiger partial charge on any atom is -0.497 e. The van der Waals surface area contributed by atoms with E-state index in [1.807, 2.05) is 24.3 Å². The molecule has 6 heteroatoms. The predicted molar refractivity (Wildman–Crippen MR) is 100 cm³/mol. The average Bonchev–Trinajstić information content (AvgIpc) is 2.70. The van der Waals surface area contributed by atoms with Crippen LogP contribution in [0.15, 0.2) is 47.6 Å². The molecule has 0 bridgehead atoms. The third kappa shape index (κ3) is 4.95. The number of hydrogen-bond acceptors (Lipinski definition) is 5. The van der Waals surface area contributed by atoms with Crippen molar-refractivity contribution >= 4 is 5.84 Å². The van der Waals surface area contributed by atoms with Crippen molar-refractivity contribution in [3.05, 3.63) is 48.2 Å². The van der Waals surface area contributed by atoms with Crippen LogP contribution in [0.4, 0.5) is 0 Å². The molecule has 0 spiro atoms. The average molecular weight is 355 g/mol. The molecule has 0 unspecified atom stereocenters. The van der Waals surface area contributed by atoms with Crippen molar-refractivity contribution in [3.63, 3.8) is 0 Å². The zero-order valence-corrected chi connectivity index (χ0v) is 15.0. The van der Waals surface area contributed by atoms with E-state index < -0.39 is 0 Å².